The number of nitrogens with zero attached hydrogens (tertiary/aromatic N) is 2. The van der Waals surface area contributed by atoms with Gasteiger partial charge in [0.15, 0.2) is 5.88 Å². The molecule has 2 aromatic carbocycles. The molecule has 31 heavy (non-hydrogen) atoms. The molecule has 5 nitrogen and oxygen atoms in total. The predicted octanol–water partition coefficient (Wildman–Crippen LogP) is 7.10. The molecule has 1 aliphatic rings. The summed E-state index contributed by atoms with van der Waals surface area (Å²) in [7, 11) is 0. The standard InChI is InChI=1S/C25H28BrN3O2/c1-3-7-16(8-4-2)13-14-31-29-23-18-9-5-6-10-20(18)27-24(23)22-19-15-17(26)11-12-21(19)28-25(22)30/h5-6,9-12,15-16,28,30H,3-4,7-8,13-14H2,1-2H3. The lowest BCUT2D eigenvalue weighted by molar-refractivity contribution is 0.126. The van der Waals surface area contributed by atoms with Crippen molar-refractivity contribution in [2.75, 3.05) is 6.61 Å². The van der Waals surface area contributed by atoms with Crippen molar-refractivity contribution in [3.05, 3.63) is 58.1 Å². The van der Waals surface area contributed by atoms with E-state index >= 15 is 0 Å². The van der Waals surface area contributed by atoms with Crippen molar-refractivity contribution in [1.29, 1.82) is 0 Å². The zero-order valence-corrected chi connectivity index (χ0v) is 19.6. The van der Waals surface area contributed by atoms with Crippen LogP contribution in [0.2, 0.25) is 0 Å². The van der Waals surface area contributed by atoms with E-state index in [1.54, 1.807) is 0 Å². The van der Waals surface area contributed by atoms with E-state index in [1.807, 2.05) is 42.5 Å². The maximum absolute atomic E-state index is 10.7. The summed E-state index contributed by atoms with van der Waals surface area (Å²) < 4.78 is 0.934. The number of hydrogen-bond acceptors (Lipinski definition) is 4. The topological polar surface area (TPSA) is 70.0 Å². The maximum atomic E-state index is 10.7. The Morgan fingerprint density at radius 2 is 1.87 bits per heavy atom. The lowest BCUT2D eigenvalue weighted by atomic mass is 9.95. The fraction of sp³-hybridized carbons (Fsp3) is 0.360. The van der Waals surface area contributed by atoms with Gasteiger partial charge in [-0.25, -0.2) is 4.99 Å². The second-order valence-corrected chi connectivity index (χ2v) is 8.94. The van der Waals surface area contributed by atoms with Gasteiger partial charge >= 0.3 is 0 Å². The lowest BCUT2D eigenvalue weighted by Crippen LogP contribution is -2.14. The van der Waals surface area contributed by atoms with Crippen molar-refractivity contribution in [1.82, 2.24) is 4.98 Å². The van der Waals surface area contributed by atoms with Crippen LogP contribution in [0.3, 0.4) is 0 Å². The van der Waals surface area contributed by atoms with Crippen LogP contribution in [0, 0.1) is 5.92 Å². The molecule has 1 aromatic heterocycles. The average molecular weight is 482 g/mol. The molecule has 0 saturated heterocycles. The molecule has 0 fully saturated rings. The summed E-state index contributed by atoms with van der Waals surface area (Å²) in [6.07, 6.45) is 5.83. The highest BCUT2D eigenvalue weighted by Gasteiger charge is 2.29. The van der Waals surface area contributed by atoms with Crippen molar-refractivity contribution in [2.45, 2.75) is 46.0 Å². The minimum Gasteiger partial charge on any atom is -0.494 e. The van der Waals surface area contributed by atoms with Crippen molar-refractivity contribution in [2.24, 2.45) is 16.1 Å². The summed E-state index contributed by atoms with van der Waals surface area (Å²) in [6, 6.07) is 13.7. The molecule has 0 atom stereocenters. The molecule has 162 valence electrons. The molecular formula is C25H28BrN3O2. The highest BCUT2D eigenvalue weighted by Crippen LogP contribution is 2.36. The van der Waals surface area contributed by atoms with Gasteiger partial charge < -0.3 is 14.9 Å². The molecule has 2 heterocycles. The van der Waals surface area contributed by atoms with Crippen LogP contribution >= 0.6 is 15.9 Å². The number of para-hydroxylation sites is 1. The molecular weight excluding hydrogens is 454 g/mol. The fourth-order valence-corrected chi connectivity index (χ4v) is 4.67. The first-order valence-corrected chi connectivity index (χ1v) is 11.8. The summed E-state index contributed by atoms with van der Waals surface area (Å²) >= 11 is 3.53. The highest BCUT2D eigenvalue weighted by molar-refractivity contribution is 9.10. The molecule has 1 aliphatic heterocycles. The zero-order valence-electron chi connectivity index (χ0n) is 18.0. The second kappa shape index (κ2) is 9.69. The van der Waals surface area contributed by atoms with E-state index < -0.39 is 0 Å². The summed E-state index contributed by atoms with van der Waals surface area (Å²) in [5.74, 6) is 0.757. The van der Waals surface area contributed by atoms with Crippen LogP contribution in [-0.4, -0.2) is 28.1 Å². The summed E-state index contributed by atoms with van der Waals surface area (Å²) in [5.41, 5.74) is 4.52. The van der Waals surface area contributed by atoms with Crippen LogP contribution in [0.5, 0.6) is 5.88 Å². The first-order valence-electron chi connectivity index (χ1n) is 11.0. The van der Waals surface area contributed by atoms with Gasteiger partial charge in [0.1, 0.15) is 18.0 Å². The van der Waals surface area contributed by atoms with Crippen molar-refractivity contribution >= 4 is 43.9 Å². The largest absolute Gasteiger partial charge is 0.494 e. The van der Waals surface area contributed by atoms with E-state index in [1.165, 1.54) is 25.7 Å². The van der Waals surface area contributed by atoms with Gasteiger partial charge in [0.2, 0.25) is 0 Å². The van der Waals surface area contributed by atoms with Crippen molar-refractivity contribution < 1.29 is 9.94 Å². The number of oxime groups is 1. The third-order valence-corrected chi connectivity index (χ3v) is 6.25. The molecule has 0 aliphatic carbocycles. The molecule has 6 heteroatoms. The molecule has 0 bridgehead atoms. The third-order valence-electron chi connectivity index (χ3n) is 5.76. The predicted molar refractivity (Wildman–Crippen MR) is 131 cm³/mol. The minimum atomic E-state index is 0.0818. The number of fused-ring (bicyclic) bond motifs is 2. The lowest BCUT2D eigenvalue weighted by Gasteiger charge is -2.14. The van der Waals surface area contributed by atoms with Gasteiger partial charge in [-0.05, 0) is 36.6 Å². The number of aromatic hydroxyl groups is 1. The number of aliphatic imine (C=N–C) groups is 1. The van der Waals surface area contributed by atoms with E-state index in [2.05, 4.69) is 39.9 Å². The molecule has 0 unspecified atom stereocenters. The van der Waals surface area contributed by atoms with E-state index in [4.69, 9.17) is 9.83 Å². The average Bonchev–Trinajstić information content (AvgIpc) is 3.27. The number of aromatic nitrogens is 1. The quantitative estimate of drug-likeness (QED) is 0.252. The van der Waals surface area contributed by atoms with Gasteiger partial charge in [-0.3, -0.25) is 0 Å². The molecule has 0 radical (unpaired) electrons. The fourth-order valence-electron chi connectivity index (χ4n) is 4.31. The number of rotatable bonds is 9. The monoisotopic (exact) mass is 481 g/mol. The van der Waals surface area contributed by atoms with Crippen LogP contribution in [0.1, 0.15) is 57.1 Å². The second-order valence-electron chi connectivity index (χ2n) is 8.02. The third kappa shape index (κ3) is 4.54. The van der Waals surface area contributed by atoms with Gasteiger partial charge in [0.05, 0.1) is 11.3 Å². The SMILES string of the molecule is CCCC(CCC)CCON=C1C(c2c(O)[nH]c3ccc(Br)cc23)=Nc2ccccc21. The van der Waals surface area contributed by atoms with Gasteiger partial charge in [-0.15, -0.1) is 0 Å². The summed E-state index contributed by atoms with van der Waals surface area (Å²) in [5, 5.41) is 16.1. The number of H-pyrrole nitrogens is 1. The van der Waals surface area contributed by atoms with Gasteiger partial charge in [0.25, 0.3) is 0 Å². The molecule has 3 aromatic rings. The smallest absolute Gasteiger partial charge is 0.199 e. The Morgan fingerprint density at radius 3 is 2.65 bits per heavy atom. The normalized spacial score (nSPS) is 14.5. The molecule has 0 saturated carbocycles. The Bertz CT molecular complexity index is 1130. The first-order chi connectivity index (χ1) is 15.1. The Hall–Kier alpha value is -2.60. The maximum Gasteiger partial charge on any atom is 0.199 e. The van der Waals surface area contributed by atoms with Crippen LogP contribution in [0.15, 0.2) is 57.1 Å². The molecule has 2 N–H and O–H groups in total. The van der Waals surface area contributed by atoms with Crippen LogP contribution < -0.4 is 0 Å². The van der Waals surface area contributed by atoms with Crippen LogP contribution in [0.4, 0.5) is 5.69 Å². The number of nitrogens with one attached hydrogen (secondary N) is 1. The van der Waals surface area contributed by atoms with Crippen LogP contribution in [0.25, 0.3) is 10.9 Å². The molecule has 0 amide bonds. The number of hydrogen-bond donors (Lipinski definition) is 2. The van der Waals surface area contributed by atoms with E-state index in [0.717, 1.165) is 33.0 Å². The number of halogens is 1. The van der Waals surface area contributed by atoms with E-state index in [0.29, 0.717) is 29.5 Å². The Balaban J connectivity index is 1.64. The first kappa shape index (κ1) is 21.6. The van der Waals surface area contributed by atoms with Crippen LogP contribution in [-0.2, 0) is 4.84 Å². The molecule has 4 rings (SSSR count). The van der Waals surface area contributed by atoms with Crippen molar-refractivity contribution in [3.63, 3.8) is 0 Å². The van der Waals surface area contributed by atoms with Crippen molar-refractivity contribution in [3.8, 4) is 5.88 Å². The minimum absolute atomic E-state index is 0.0818. The number of aromatic amines is 1. The van der Waals surface area contributed by atoms with E-state index in [-0.39, 0.29) is 5.88 Å². The Kier molecular flexibility index (Phi) is 6.76. The highest BCUT2D eigenvalue weighted by atomic mass is 79.9. The molecule has 0 spiro atoms. The Labute approximate surface area is 191 Å². The van der Waals surface area contributed by atoms with Gasteiger partial charge in [-0.1, -0.05) is 78.8 Å². The number of benzene rings is 2. The van der Waals surface area contributed by atoms with E-state index in [9.17, 15) is 5.11 Å². The zero-order chi connectivity index (χ0) is 21.8. The van der Waals surface area contributed by atoms with Gasteiger partial charge in [-0.2, -0.15) is 0 Å². The summed E-state index contributed by atoms with van der Waals surface area (Å²) in [6.45, 7) is 5.04. The van der Waals surface area contributed by atoms with Gasteiger partial charge in [0, 0.05) is 20.9 Å². The summed E-state index contributed by atoms with van der Waals surface area (Å²) in [4.78, 5) is 13.7. The Morgan fingerprint density at radius 1 is 1.10 bits per heavy atom.